The van der Waals surface area contributed by atoms with Crippen LogP contribution in [0.25, 0.3) is 0 Å². The van der Waals surface area contributed by atoms with E-state index in [1.54, 1.807) is 7.11 Å². The Morgan fingerprint density at radius 3 is 2.75 bits per heavy atom. The summed E-state index contributed by atoms with van der Waals surface area (Å²) in [5.41, 5.74) is 1.57. The third kappa shape index (κ3) is 2.50. The standard InChI is InChI=1S/C13H18ClNO/c1-13(2)7-12(13)15-8-9-6-10(14)4-5-11(9)16-3/h4-6,12,15H,7-8H2,1-3H3. The molecule has 0 aliphatic heterocycles. The van der Waals surface area contributed by atoms with Gasteiger partial charge in [0.2, 0.25) is 0 Å². The first-order valence-electron chi connectivity index (χ1n) is 5.59. The van der Waals surface area contributed by atoms with Gasteiger partial charge in [0.25, 0.3) is 0 Å². The third-order valence-electron chi connectivity index (χ3n) is 3.29. The quantitative estimate of drug-likeness (QED) is 0.871. The molecule has 16 heavy (non-hydrogen) atoms. The Morgan fingerprint density at radius 1 is 1.50 bits per heavy atom. The van der Waals surface area contributed by atoms with Crippen LogP contribution in [0, 0.1) is 5.41 Å². The van der Waals surface area contributed by atoms with Gasteiger partial charge in [0.1, 0.15) is 5.75 Å². The zero-order valence-corrected chi connectivity index (χ0v) is 10.8. The molecule has 1 aliphatic rings. The first kappa shape index (κ1) is 11.7. The maximum atomic E-state index is 5.98. The van der Waals surface area contributed by atoms with Crippen LogP contribution >= 0.6 is 11.6 Å². The molecule has 0 saturated heterocycles. The van der Waals surface area contributed by atoms with Gasteiger partial charge in [-0.05, 0) is 30.0 Å². The number of halogens is 1. The molecule has 1 saturated carbocycles. The van der Waals surface area contributed by atoms with Crippen molar-refractivity contribution in [2.75, 3.05) is 7.11 Å². The van der Waals surface area contributed by atoms with Gasteiger partial charge < -0.3 is 10.1 Å². The van der Waals surface area contributed by atoms with Crippen LogP contribution in [-0.4, -0.2) is 13.2 Å². The molecule has 1 N–H and O–H groups in total. The van der Waals surface area contributed by atoms with Gasteiger partial charge in [0, 0.05) is 23.2 Å². The topological polar surface area (TPSA) is 21.3 Å². The summed E-state index contributed by atoms with van der Waals surface area (Å²) in [6, 6.07) is 6.35. The van der Waals surface area contributed by atoms with E-state index >= 15 is 0 Å². The number of methoxy groups -OCH3 is 1. The Labute approximate surface area is 102 Å². The van der Waals surface area contributed by atoms with Gasteiger partial charge in [-0.15, -0.1) is 0 Å². The van der Waals surface area contributed by atoms with E-state index in [2.05, 4.69) is 19.2 Å². The maximum absolute atomic E-state index is 5.98. The summed E-state index contributed by atoms with van der Waals surface area (Å²) in [4.78, 5) is 0. The second-order valence-corrected chi connectivity index (χ2v) is 5.52. The molecule has 1 aliphatic carbocycles. The van der Waals surface area contributed by atoms with Crippen LogP contribution in [0.5, 0.6) is 5.75 Å². The monoisotopic (exact) mass is 239 g/mol. The number of rotatable bonds is 4. The minimum Gasteiger partial charge on any atom is -0.496 e. The van der Waals surface area contributed by atoms with Crippen LogP contribution in [0.1, 0.15) is 25.8 Å². The fraction of sp³-hybridized carbons (Fsp3) is 0.538. The Bertz CT molecular complexity index is 390. The van der Waals surface area contributed by atoms with Crippen molar-refractivity contribution in [1.82, 2.24) is 5.32 Å². The molecule has 0 radical (unpaired) electrons. The van der Waals surface area contributed by atoms with Gasteiger partial charge in [-0.25, -0.2) is 0 Å². The van der Waals surface area contributed by atoms with E-state index in [-0.39, 0.29) is 0 Å². The van der Waals surface area contributed by atoms with E-state index in [9.17, 15) is 0 Å². The van der Waals surface area contributed by atoms with E-state index in [4.69, 9.17) is 16.3 Å². The summed E-state index contributed by atoms with van der Waals surface area (Å²) in [5, 5.41) is 4.28. The third-order valence-corrected chi connectivity index (χ3v) is 3.53. The second-order valence-electron chi connectivity index (χ2n) is 5.08. The Balaban J connectivity index is 2.00. The fourth-order valence-electron chi connectivity index (χ4n) is 1.93. The minimum atomic E-state index is 0.450. The zero-order chi connectivity index (χ0) is 11.8. The summed E-state index contributed by atoms with van der Waals surface area (Å²) in [6.45, 7) is 5.37. The molecule has 1 atom stereocenters. The molecule has 0 bridgehead atoms. The smallest absolute Gasteiger partial charge is 0.123 e. The predicted octanol–water partition coefficient (Wildman–Crippen LogP) is 3.24. The lowest BCUT2D eigenvalue weighted by Gasteiger charge is -2.11. The molecule has 2 rings (SSSR count). The van der Waals surface area contributed by atoms with Crippen LogP contribution in [-0.2, 0) is 6.54 Å². The van der Waals surface area contributed by atoms with Crippen molar-refractivity contribution in [3.8, 4) is 5.75 Å². The van der Waals surface area contributed by atoms with Crippen molar-refractivity contribution in [3.05, 3.63) is 28.8 Å². The van der Waals surface area contributed by atoms with Crippen LogP contribution in [0.2, 0.25) is 5.02 Å². The van der Waals surface area contributed by atoms with Gasteiger partial charge in [0.05, 0.1) is 7.11 Å². The van der Waals surface area contributed by atoms with Crippen molar-refractivity contribution >= 4 is 11.6 Å². The molecule has 1 aromatic rings. The minimum absolute atomic E-state index is 0.450. The number of ether oxygens (including phenoxy) is 1. The van der Waals surface area contributed by atoms with Gasteiger partial charge in [-0.2, -0.15) is 0 Å². The van der Waals surface area contributed by atoms with Gasteiger partial charge >= 0.3 is 0 Å². The molecule has 1 fully saturated rings. The van der Waals surface area contributed by atoms with E-state index in [1.165, 1.54) is 6.42 Å². The first-order valence-corrected chi connectivity index (χ1v) is 5.96. The molecule has 2 nitrogen and oxygen atoms in total. The highest BCUT2D eigenvalue weighted by Gasteiger charge is 2.45. The molecular formula is C13H18ClNO. The van der Waals surface area contributed by atoms with E-state index in [0.717, 1.165) is 22.9 Å². The van der Waals surface area contributed by atoms with Crippen LogP contribution in [0.15, 0.2) is 18.2 Å². The number of nitrogens with one attached hydrogen (secondary N) is 1. The number of hydrogen-bond acceptors (Lipinski definition) is 2. The molecule has 0 spiro atoms. The SMILES string of the molecule is COc1ccc(Cl)cc1CNC1CC1(C)C. The second kappa shape index (κ2) is 4.27. The molecular weight excluding hydrogens is 222 g/mol. The van der Waals surface area contributed by atoms with Gasteiger partial charge in [-0.1, -0.05) is 25.4 Å². The molecule has 3 heteroatoms. The predicted molar refractivity (Wildman–Crippen MR) is 67.0 cm³/mol. The van der Waals surface area contributed by atoms with E-state index < -0.39 is 0 Å². The molecule has 1 aromatic carbocycles. The maximum Gasteiger partial charge on any atom is 0.123 e. The Kier molecular flexibility index (Phi) is 3.13. The highest BCUT2D eigenvalue weighted by atomic mass is 35.5. The van der Waals surface area contributed by atoms with Gasteiger partial charge in [-0.3, -0.25) is 0 Å². The van der Waals surface area contributed by atoms with Crippen molar-refractivity contribution in [1.29, 1.82) is 0 Å². The summed E-state index contributed by atoms with van der Waals surface area (Å²) in [6.07, 6.45) is 1.25. The van der Waals surface area contributed by atoms with Crippen LogP contribution < -0.4 is 10.1 Å². The average molecular weight is 240 g/mol. The molecule has 0 aromatic heterocycles. The lowest BCUT2D eigenvalue weighted by Crippen LogP contribution is -2.20. The summed E-state index contributed by atoms with van der Waals surface area (Å²) < 4.78 is 5.31. The average Bonchev–Trinajstić information content (AvgIpc) is 2.84. The normalized spacial score (nSPS) is 21.9. The summed E-state index contributed by atoms with van der Waals surface area (Å²) in [7, 11) is 1.69. The van der Waals surface area contributed by atoms with Crippen molar-refractivity contribution in [2.45, 2.75) is 32.9 Å². The van der Waals surface area contributed by atoms with Crippen molar-refractivity contribution in [2.24, 2.45) is 5.41 Å². The van der Waals surface area contributed by atoms with Gasteiger partial charge in [0.15, 0.2) is 0 Å². The molecule has 0 heterocycles. The molecule has 88 valence electrons. The Morgan fingerprint density at radius 2 is 2.19 bits per heavy atom. The summed E-state index contributed by atoms with van der Waals surface area (Å²) in [5.74, 6) is 0.898. The highest BCUT2D eigenvalue weighted by Crippen LogP contribution is 2.44. The van der Waals surface area contributed by atoms with Crippen molar-refractivity contribution < 1.29 is 4.74 Å². The van der Waals surface area contributed by atoms with Crippen LogP contribution in [0.3, 0.4) is 0 Å². The molecule has 0 amide bonds. The van der Waals surface area contributed by atoms with Crippen LogP contribution in [0.4, 0.5) is 0 Å². The fourth-order valence-corrected chi connectivity index (χ4v) is 2.13. The van der Waals surface area contributed by atoms with E-state index in [1.807, 2.05) is 18.2 Å². The van der Waals surface area contributed by atoms with Crippen molar-refractivity contribution in [3.63, 3.8) is 0 Å². The first-order chi connectivity index (χ1) is 7.53. The number of hydrogen-bond donors (Lipinski definition) is 1. The molecule has 1 unspecified atom stereocenters. The lowest BCUT2D eigenvalue weighted by molar-refractivity contribution is 0.406. The Hall–Kier alpha value is -0.730. The zero-order valence-electron chi connectivity index (χ0n) is 10.0. The highest BCUT2D eigenvalue weighted by molar-refractivity contribution is 6.30. The lowest BCUT2D eigenvalue weighted by atomic mass is 10.1. The summed E-state index contributed by atoms with van der Waals surface area (Å²) >= 11 is 5.98. The largest absolute Gasteiger partial charge is 0.496 e. The number of benzene rings is 1. The van der Waals surface area contributed by atoms with E-state index in [0.29, 0.717) is 11.5 Å².